The molecule has 0 saturated heterocycles. The van der Waals surface area contributed by atoms with Gasteiger partial charge in [0.1, 0.15) is 6.33 Å². The normalized spacial score (nSPS) is 20.9. The van der Waals surface area contributed by atoms with Gasteiger partial charge in [0, 0.05) is 24.4 Å². The summed E-state index contributed by atoms with van der Waals surface area (Å²) in [6, 6.07) is 0.585. The highest BCUT2D eigenvalue weighted by molar-refractivity contribution is 5.24. The van der Waals surface area contributed by atoms with Crippen LogP contribution in [0.4, 0.5) is 0 Å². The second-order valence-corrected chi connectivity index (χ2v) is 3.16. The highest BCUT2D eigenvalue weighted by Crippen LogP contribution is 2.17. The molecular weight excluding hydrogens is 150 g/mol. The van der Waals surface area contributed by atoms with Gasteiger partial charge >= 0.3 is 0 Å². The average molecular weight is 163 g/mol. The maximum atomic E-state index is 4.24. The van der Waals surface area contributed by atoms with E-state index in [1.807, 2.05) is 6.20 Å². The average Bonchev–Trinajstić information content (AvgIpc) is 2.47. The predicted octanol–water partition coefficient (Wildman–Crippen LogP) is 0.553. The van der Waals surface area contributed by atoms with Crippen molar-refractivity contribution >= 4 is 0 Å². The molecule has 0 aromatic carbocycles. The molecule has 0 bridgehead atoms. The third-order valence-corrected chi connectivity index (χ3v) is 2.28. The van der Waals surface area contributed by atoms with Crippen LogP contribution in [-0.4, -0.2) is 22.6 Å². The minimum atomic E-state index is 0.585. The Labute approximate surface area is 72.2 Å². The SMILES string of the molecule is CCNC1Cc2cncnc2C1. The number of nitrogens with one attached hydrogen (secondary N) is 1. The Morgan fingerprint density at radius 3 is 3.25 bits per heavy atom. The molecule has 1 aliphatic rings. The first kappa shape index (κ1) is 7.68. The lowest BCUT2D eigenvalue weighted by Gasteiger charge is -2.07. The maximum Gasteiger partial charge on any atom is 0.115 e. The summed E-state index contributed by atoms with van der Waals surface area (Å²) < 4.78 is 0. The van der Waals surface area contributed by atoms with Crippen LogP contribution in [0.15, 0.2) is 12.5 Å². The van der Waals surface area contributed by atoms with E-state index in [1.54, 1.807) is 6.33 Å². The molecule has 0 amide bonds. The van der Waals surface area contributed by atoms with Gasteiger partial charge < -0.3 is 5.32 Å². The Hall–Kier alpha value is -0.960. The quantitative estimate of drug-likeness (QED) is 0.692. The smallest absolute Gasteiger partial charge is 0.115 e. The van der Waals surface area contributed by atoms with Crippen molar-refractivity contribution in [2.75, 3.05) is 6.54 Å². The van der Waals surface area contributed by atoms with Crippen LogP contribution in [0.2, 0.25) is 0 Å². The van der Waals surface area contributed by atoms with Crippen molar-refractivity contribution in [3.63, 3.8) is 0 Å². The van der Waals surface area contributed by atoms with E-state index in [9.17, 15) is 0 Å². The predicted molar refractivity (Wildman–Crippen MR) is 46.9 cm³/mol. The van der Waals surface area contributed by atoms with Crippen molar-refractivity contribution in [3.05, 3.63) is 23.8 Å². The first-order valence-corrected chi connectivity index (χ1v) is 4.41. The number of hydrogen-bond acceptors (Lipinski definition) is 3. The second-order valence-electron chi connectivity index (χ2n) is 3.16. The molecule has 0 fully saturated rings. The van der Waals surface area contributed by atoms with Gasteiger partial charge in [-0.1, -0.05) is 6.92 Å². The van der Waals surface area contributed by atoms with Crippen LogP contribution in [-0.2, 0) is 12.8 Å². The summed E-state index contributed by atoms with van der Waals surface area (Å²) in [5, 5.41) is 3.42. The van der Waals surface area contributed by atoms with Crippen LogP contribution < -0.4 is 5.32 Å². The monoisotopic (exact) mass is 163 g/mol. The van der Waals surface area contributed by atoms with Gasteiger partial charge in [-0.25, -0.2) is 9.97 Å². The zero-order valence-corrected chi connectivity index (χ0v) is 7.25. The van der Waals surface area contributed by atoms with Crippen LogP contribution in [0.3, 0.4) is 0 Å². The molecule has 3 heteroatoms. The Morgan fingerprint density at radius 2 is 2.50 bits per heavy atom. The zero-order chi connectivity index (χ0) is 8.39. The van der Waals surface area contributed by atoms with Gasteiger partial charge in [0.05, 0.1) is 0 Å². The van der Waals surface area contributed by atoms with Gasteiger partial charge in [-0.15, -0.1) is 0 Å². The first-order chi connectivity index (χ1) is 5.90. The number of fused-ring (bicyclic) bond motifs is 1. The zero-order valence-electron chi connectivity index (χ0n) is 7.25. The number of rotatable bonds is 2. The van der Waals surface area contributed by atoms with Gasteiger partial charge in [0.2, 0.25) is 0 Å². The molecule has 1 atom stereocenters. The Kier molecular flexibility index (Phi) is 2.04. The van der Waals surface area contributed by atoms with Gasteiger partial charge in [-0.2, -0.15) is 0 Å². The van der Waals surface area contributed by atoms with E-state index < -0.39 is 0 Å². The third-order valence-electron chi connectivity index (χ3n) is 2.28. The lowest BCUT2D eigenvalue weighted by molar-refractivity contribution is 0.550. The summed E-state index contributed by atoms with van der Waals surface area (Å²) >= 11 is 0. The molecule has 0 saturated carbocycles. The van der Waals surface area contributed by atoms with E-state index in [0.717, 1.165) is 19.4 Å². The molecule has 0 radical (unpaired) electrons. The third kappa shape index (κ3) is 1.32. The lowest BCUT2D eigenvalue weighted by atomic mass is 10.2. The summed E-state index contributed by atoms with van der Waals surface area (Å²) in [5.74, 6) is 0. The molecular formula is C9H13N3. The minimum Gasteiger partial charge on any atom is -0.314 e. The molecule has 1 aromatic rings. The Balaban J connectivity index is 2.11. The van der Waals surface area contributed by atoms with Crippen molar-refractivity contribution in [2.45, 2.75) is 25.8 Å². The molecule has 1 aromatic heterocycles. The first-order valence-electron chi connectivity index (χ1n) is 4.41. The van der Waals surface area contributed by atoms with E-state index in [0.29, 0.717) is 6.04 Å². The number of likely N-dealkylation sites (N-methyl/N-ethyl adjacent to an activating group) is 1. The standard InChI is InChI=1S/C9H13N3/c1-2-11-8-3-7-5-10-6-12-9(7)4-8/h5-6,8,11H,2-4H2,1H3. The summed E-state index contributed by atoms with van der Waals surface area (Å²) in [7, 11) is 0. The van der Waals surface area contributed by atoms with E-state index in [2.05, 4.69) is 22.2 Å². The van der Waals surface area contributed by atoms with E-state index >= 15 is 0 Å². The van der Waals surface area contributed by atoms with E-state index in [-0.39, 0.29) is 0 Å². The highest BCUT2D eigenvalue weighted by Gasteiger charge is 2.21. The number of aromatic nitrogens is 2. The maximum absolute atomic E-state index is 4.24. The fraction of sp³-hybridized carbons (Fsp3) is 0.556. The summed E-state index contributed by atoms with van der Waals surface area (Å²) in [6.07, 6.45) is 5.71. The molecule has 12 heavy (non-hydrogen) atoms. The molecule has 1 aliphatic carbocycles. The van der Waals surface area contributed by atoms with Crippen molar-refractivity contribution < 1.29 is 0 Å². The summed E-state index contributed by atoms with van der Waals surface area (Å²) in [6.45, 7) is 3.17. The molecule has 0 spiro atoms. The highest BCUT2D eigenvalue weighted by atomic mass is 14.9. The molecule has 1 unspecified atom stereocenters. The summed E-state index contributed by atoms with van der Waals surface area (Å²) in [5.41, 5.74) is 2.53. The topological polar surface area (TPSA) is 37.8 Å². The van der Waals surface area contributed by atoms with E-state index in [4.69, 9.17) is 0 Å². The fourth-order valence-electron chi connectivity index (χ4n) is 1.74. The van der Waals surface area contributed by atoms with Crippen molar-refractivity contribution in [2.24, 2.45) is 0 Å². The van der Waals surface area contributed by atoms with Crippen LogP contribution in [0, 0.1) is 0 Å². The van der Waals surface area contributed by atoms with Gasteiger partial charge in [-0.05, 0) is 18.5 Å². The fourth-order valence-corrected chi connectivity index (χ4v) is 1.74. The largest absolute Gasteiger partial charge is 0.314 e. The number of nitrogens with zero attached hydrogens (tertiary/aromatic N) is 2. The Morgan fingerprint density at radius 1 is 1.58 bits per heavy atom. The second kappa shape index (κ2) is 3.19. The van der Waals surface area contributed by atoms with Crippen molar-refractivity contribution in [1.29, 1.82) is 0 Å². The molecule has 2 rings (SSSR count). The molecule has 1 N–H and O–H groups in total. The summed E-state index contributed by atoms with van der Waals surface area (Å²) in [4.78, 5) is 8.25. The lowest BCUT2D eigenvalue weighted by Crippen LogP contribution is -2.29. The Bertz CT molecular complexity index is 247. The molecule has 0 aliphatic heterocycles. The minimum absolute atomic E-state index is 0.585. The van der Waals surface area contributed by atoms with Crippen LogP contribution in [0.5, 0.6) is 0 Å². The van der Waals surface area contributed by atoms with Crippen LogP contribution >= 0.6 is 0 Å². The number of hydrogen-bond donors (Lipinski definition) is 1. The molecule has 3 nitrogen and oxygen atoms in total. The van der Waals surface area contributed by atoms with Crippen molar-refractivity contribution in [1.82, 2.24) is 15.3 Å². The van der Waals surface area contributed by atoms with Gasteiger partial charge in [0.15, 0.2) is 0 Å². The molecule has 1 heterocycles. The van der Waals surface area contributed by atoms with Crippen LogP contribution in [0.25, 0.3) is 0 Å². The van der Waals surface area contributed by atoms with E-state index in [1.165, 1.54) is 11.3 Å². The van der Waals surface area contributed by atoms with Crippen LogP contribution in [0.1, 0.15) is 18.2 Å². The van der Waals surface area contributed by atoms with Gasteiger partial charge in [-0.3, -0.25) is 0 Å². The van der Waals surface area contributed by atoms with Gasteiger partial charge in [0.25, 0.3) is 0 Å². The molecule has 64 valence electrons. The van der Waals surface area contributed by atoms with Crippen molar-refractivity contribution in [3.8, 4) is 0 Å².